The van der Waals surface area contributed by atoms with Crippen molar-refractivity contribution in [2.75, 3.05) is 0 Å². The molecule has 1 aromatic heterocycles. The molecule has 60 valence electrons. The summed E-state index contributed by atoms with van der Waals surface area (Å²) in [5, 5.41) is 0. The van der Waals surface area contributed by atoms with E-state index in [2.05, 4.69) is 32.8 Å². The minimum atomic E-state index is 0.483. The second-order valence-electron chi connectivity index (χ2n) is 2.64. The van der Waals surface area contributed by atoms with Crippen molar-refractivity contribution < 1.29 is 0 Å². The van der Waals surface area contributed by atoms with E-state index in [-0.39, 0.29) is 0 Å². The summed E-state index contributed by atoms with van der Waals surface area (Å²) < 4.78 is 0. The van der Waals surface area contributed by atoms with E-state index in [1.807, 2.05) is 13.0 Å². The van der Waals surface area contributed by atoms with Gasteiger partial charge in [0.05, 0.1) is 0 Å². The predicted molar refractivity (Wildman–Crippen MR) is 48.9 cm³/mol. The van der Waals surface area contributed by atoms with Crippen molar-refractivity contribution in [2.24, 2.45) is 0 Å². The Bertz CT molecular complexity index is 235. The minimum Gasteiger partial charge on any atom is -0.242 e. The Morgan fingerprint density at radius 3 is 2.82 bits per heavy atom. The number of alkyl halides is 1. The fraction of sp³-hybridized carbons (Fsp3) is 0.500. The van der Waals surface area contributed by atoms with Crippen molar-refractivity contribution >= 4 is 15.9 Å². The van der Waals surface area contributed by atoms with Gasteiger partial charge in [-0.1, -0.05) is 22.9 Å². The number of hydrogen-bond acceptors (Lipinski definition) is 2. The summed E-state index contributed by atoms with van der Waals surface area (Å²) in [4.78, 5) is 8.64. The van der Waals surface area contributed by atoms with Crippen LogP contribution in [0.15, 0.2) is 12.4 Å². The van der Waals surface area contributed by atoms with E-state index in [0.717, 1.165) is 17.8 Å². The summed E-state index contributed by atoms with van der Waals surface area (Å²) in [5.74, 6) is 0. The quantitative estimate of drug-likeness (QED) is 0.706. The minimum absolute atomic E-state index is 0.483. The van der Waals surface area contributed by atoms with Crippen LogP contribution in [0.5, 0.6) is 0 Å². The molecule has 0 aliphatic rings. The summed E-state index contributed by atoms with van der Waals surface area (Å²) in [6, 6.07) is 2.01. The zero-order valence-corrected chi connectivity index (χ0v) is 8.30. The molecule has 1 atom stereocenters. The van der Waals surface area contributed by atoms with Gasteiger partial charge in [0.25, 0.3) is 0 Å². The Balaban J connectivity index is 2.71. The lowest BCUT2D eigenvalue weighted by atomic mass is 10.2. The Hall–Kier alpha value is -0.440. The van der Waals surface area contributed by atoms with Crippen LogP contribution < -0.4 is 0 Å². The molecule has 0 spiro atoms. The third-order valence-electron chi connectivity index (χ3n) is 1.35. The van der Waals surface area contributed by atoms with Crippen LogP contribution in [0.1, 0.15) is 18.3 Å². The smallest absolute Gasteiger partial charge is 0.115 e. The zero-order chi connectivity index (χ0) is 8.27. The first-order chi connectivity index (χ1) is 5.18. The van der Waals surface area contributed by atoms with Gasteiger partial charge < -0.3 is 0 Å². The number of aromatic nitrogens is 2. The Labute approximate surface area is 75.2 Å². The first-order valence-corrected chi connectivity index (χ1v) is 4.51. The first-order valence-electron chi connectivity index (χ1n) is 3.60. The average Bonchev–Trinajstić information content (AvgIpc) is 1.85. The molecule has 0 amide bonds. The molecule has 0 fully saturated rings. The van der Waals surface area contributed by atoms with Crippen LogP contribution in [0, 0.1) is 6.92 Å². The van der Waals surface area contributed by atoms with E-state index >= 15 is 0 Å². The molecular formula is C8H11BrN2. The zero-order valence-electron chi connectivity index (χ0n) is 6.71. The molecule has 0 aliphatic heterocycles. The van der Waals surface area contributed by atoms with Crippen molar-refractivity contribution in [3.8, 4) is 0 Å². The fourth-order valence-corrected chi connectivity index (χ4v) is 1.24. The van der Waals surface area contributed by atoms with Crippen LogP contribution in [-0.2, 0) is 6.42 Å². The van der Waals surface area contributed by atoms with Gasteiger partial charge in [-0.2, -0.15) is 0 Å². The molecule has 3 heteroatoms. The van der Waals surface area contributed by atoms with Gasteiger partial charge in [0.15, 0.2) is 0 Å². The lowest BCUT2D eigenvalue weighted by Gasteiger charge is -2.01. The molecule has 1 heterocycles. The predicted octanol–water partition coefficient (Wildman–Crippen LogP) is 2.11. The molecule has 0 aromatic carbocycles. The molecule has 0 aliphatic carbocycles. The Morgan fingerprint density at radius 2 is 2.27 bits per heavy atom. The molecule has 0 bridgehead atoms. The normalized spacial score (nSPS) is 13.0. The van der Waals surface area contributed by atoms with Crippen molar-refractivity contribution in [1.82, 2.24) is 9.97 Å². The van der Waals surface area contributed by atoms with Gasteiger partial charge in [-0.25, -0.2) is 9.97 Å². The lowest BCUT2D eigenvalue weighted by molar-refractivity contribution is 0.892. The van der Waals surface area contributed by atoms with E-state index < -0.39 is 0 Å². The highest BCUT2D eigenvalue weighted by atomic mass is 79.9. The molecule has 1 unspecified atom stereocenters. The number of aryl methyl sites for hydroxylation is 1. The standard InChI is InChI=1S/C8H11BrN2/c1-6(9)3-8-4-7(2)10-5-11-8/h4-6H,3H2,1-2H3. The van der Waals surface area contributed by atoms with E-state index in [0.29, 0.717) is 4.83 Å². The summed E-state index contributed by atoms with van der Waals surface area (Å²) in [6.07, 6.45) is 2.57. The molecule has 2 nitrogen and oxygen atoms in total. The summed E-state index contributed by atoms with van der Waals surface area (Å²) in [5.41, 5.74) is 2.13. The van der Waals surface area contributed by atoms with E-state index in [1.54, 1.807) is 6.33 Å². The van der Waals surface area contributed by atoms with Gasteiger partial charge in [-0.3, -0.25) is 0 Å². The van der Waals surface area contributed by atoms with Crippen LogP contribution in [0.2, 0.25) is 0 Å². The highest BCUT2D eigenvalue weighted by molar-refractivity contribution is 9.09. The summed E-state index contributed by atoms with van der Waals surface area (Å²) in [7, 11) is 0. The average molecular weight is 215 g/mol. The molecular weight excluding hydrogens is 204 g/mol. The van der Waals surface area contributed by atoms with E-state index in [9.17, 15) is 0 Å². The molecule has 1 aromatic rings. The molecule has 0 saturated carbocycles. The van der Waals surface area contributed by atoms with Crippen LogP contribution >= 0.6 is 15.9 Å². The van der Waals surface area contributed by atoms with E-state index in [1.165, 1.54) is 0 Å². The largest absolute Gasteiger partial charge is 0.242 e. The molecule has 1 rings (SSSR count). The maximum atomic E-state index is 4.14. The van der Waals surface area contributed by atoms with Gasteiger partial charge in [0.2, 0.25) is 0 Å². The fourth-order valence-electron chi connectivity index (χ4n) is 0.910. The van der Waals surface area contributed by atoms with Crippen molar-refractivity contribution in [2.45, 2.75) is 25.1 Å². The van der Waals surface area contributed by atoms with Gasteiger partial charge in [0, 0.05) is 22.6 Å². The molecule has 0 radical (unpaired) electrons. The van der Waals surface area contributed by atoms with Gasteiger partial charge in [-0.15, -0.1) is 0 Å². The third kappa shape index (κ3) is 2.97. The van der Waals surface area contributed by atoms with Crippen molar-refractivity contribution in [1.29, 1.82) is 0 Å². The monoisotopic (exact) mass is 214 g/mol. The maximum absolute atomic E-state index is 4.14. The number of halogens is 1. The summed E-state index contributed by atoms with van der Waals surface area (Å²) in [6.45, 7) is 4.08. The van der Waals surface area contributed by atoms with Crippen LogP contribution in [0.25, 0.3) is 0 Å². The maximum Gasteiger partial charge on any atom is 0.115 e. The van der Waals surface area contributed by atoms with E-state index in [4.69, 9.17) is 0 Å². The molecule has 11 heavy (non-hydrogen) atoms. The van der Waals surface area contributed by atoms with Crippen molar-refractivity contribution in [3.05, 3.63) is 23.8 Å². The highest BCUT2D eigenvalue weighted by Crippen LogP contribution is 2.06. The molecule has 0 saturated heterocycles. The number of rotatable bonds is 2. The van der Waals surface area contributed by atoms with Crippen LogP contribution in [-0.4, -0.2) is 14.8 Å². The Morgan fingerprint density at radius 1 is 1.55 bits per heavy atom. The number of hydrogen-bond donors (Lipinski definition) is 0. The Kier molecular flexibility index (Phi) is 3.00. The second-order valence-corrected chi connectivity index (χ2v) is 4.20. The molecule has 0 N–H and O–H groups in total. The van der Waals surface area contributed by atoms with Crippen LogP contribution in [0.3, 0.4) is 0 Å². The SMILES string of the molecule is Cc1cc(CC(C)Br)ncn1. The van der Waals surface area contributed by atoms with Crippen LogP contribution in [0.4, 0.5) is 0 Å². The number of nitrogens with zero attached hydrogens (tertiary/aromatic N) is 2. The first kappa shape index (κ1) is 8.65. The lowest BCUT2D eigenvalue weighted by Crippen LogP contribution is -2.00. The topological polar surface area (TPSA) is 25.8 Å². The highest BCUT2D eigenvalue weighted by Gasteiger charge is 1.99. The second kappa shape index (κ2) is 3.81. The van der Waals surface area contributed by atoms with Crippen molar-refractivity contribution in [3.63, 3.8) is 0 Å². The van der Waals surface area contributed by atoms with Gasteiger partial charge in [-0.05, 0) is 13.0 Å². The van der Waals surface area contributed by atoms with Gasteiger partial charge in [0.1, 0.15) is 6.33 Å². The van der Waals surface area contributed by atoms with Gasteiger partial charge >= 0.3 is 0 Å². The summed E-state index contributed by atoms with van der Waals surface area (Å²) >= 11 is 3.48. The third-order valence-corrected chi connectivity index (χ3v) is 1.67.